The monoisotopic (exact) mass is 309 g/mol. The molecule has 0 saturated carbocycles. The lowest BCUT2D eigenvalue weighted by Crippen LogP contribution is -2.10. The van der Waals surface area contributed by atoms with Crippen LogP contribution < -0.4 is 5.32 Å². The summed E-state index contributed by atoms with van der Waals surface area (Å²) < 4.78 is 1.18. The molecule has 0 saturated heterocycles. The third kappa shape index (κ3) is 2.97. The Morgan fingerprint density at radius 1 is 1.24 bits per heavy atom. The maximum absolute atomic E-state index is 3.58. The van der Waals surface area contributed by atoms with Gasteiger partial charge in [0.2, 0.25) is 0 Å². The minimum absolute atomic E-state index is 0.966. The molecular formula is C14H16BrNS. The molecule has 3 heteroatoms. The van der Waals surface area contributed by atoms with Gasteiger partial charge in [-0.2, -0.15) is 0 Å². The highest BCUT2D eigenvalue weighted by Gasteiger charge is 2.07. The van der Waals surface area contributed by atoms with Crippen LogP contribution in [0.3, 0.4) is 0 Å². The fourth-order valence-corrected chi connectivity index (χ4v) is 3.17. The lowest BCUT2D eigenvalue weighted by Gasteiger charge is -2.04. The molecule has 0 unspecified atom stereocenters. The molecular weight excluding hydrogens is 294 g/mol. The first-order valence-corrected chi connectivity index (χ1v) is 7.38. The van der Waals surface area contributed by atoms with E-state index in [-0.39, 0.29) is 0 Å². The van der Waals surface area contributed by atoms with Gasteiger partial charge in [-0.3, -0.25) is 0 Å². The lowest BCUT2D eigenvalue weighted by molar-refractivity contribution is 0.735. The van der Waals surface area contributed by atoms with Gasteiger partial charge in [0, 0.05) is 20.8 Å². The first-order chi connectivity index (χ1) is 8.22. The fraction of sp³-hybridized carbons (Fsp3) is 0.286. The number of benzene rings is 1. The molecule has 0 bridgehead atoms. The number of hydrogen-bond acceptors (Lipinski definition) is 2. The van der Waals surface area contributed by atoms with Gasteiger partial charge < -0.3 is 5.32 Å². The van der Waals surface area contributed by atoms with Crippen LogP contribution in [0.2, 0.25) is 0 Å². The maximum Gasteiger partial charge on any atom is 0.0349 e. The van der Waals surface area contributed by atoms with Gasteiger partial charge in [-0.1, -0.05) is 35.0 Å². The number of halogens is 1. The first-order valence-electron chi connectivity index (χ1n) is 5.77. The molecule has 0 atom stereocenters. The molecule has 1 N–H and O–H groups in total. The van der Waals surface area contributed by atoms with E-state index >= 15 is 0 Å². The highest BCUT2D eigenvalue weighted by Crippen LogP contribution is 2.33. The van der Waals surface area contributed by atoms with Crippen LogP contribution in [0.25, 0.3) is 10.4 Å². The summed E-state index contributed by atoms with van der Waals surface area (Å²) in [4.78, 5) is 2.73. The Kier molecular flexibility index (Phi) is 4.37. The van der Waals surface area contributed by atoms with Crippen LogP contribution in [-0.4, -0.2) is 6.54 Å². The van der Waals surface area contributed by atoms with Gasteiger partial charge in [0.05, 0.1) is 0 Å². The first kappa shape index (κ1) is 12.8. The highest BCUT2D eigenvalue weighted by atomic mass is 79.9. The van der Waals surface area contributed by atoms with E-state index in [1.807, 2.05) is 11.3 Å². The van der Waals surface area contributed by atoms with E-state index in [2.05, 4.69) is 65.4 Å². The van der Waals surface area contributed by atoms with E-state index in [0.29, 0.717) is 0 Å². The summed E-state index contributed by atoms with van der Waals surface area (Å²) in [5.74, 6) is 0. The number of rotatable bonds is 4. The van der Waals surface area contributed by atoms with Crippen molar-refractivity contribution < 1.29 is 0 Å². The van der Waals surface area contributed by atoms with Gasteiger partial charge >= 0.3 is 0 Å². The Morgan fingerprint density at radius 2 is 2.06 bits per heavy atom. The molecule has 0 amide bonds. The summed E-state index contributed by atoms with van der Waals surface area (Å²) in [6.07, 6.45) is 0. The zero-order valence-corrected chi connectivity index (χ0v) is 12.5. The standard InChI is InChI=1S/C14H16BrNS/c1-3-16-9-11-7-8-14(17-11)12-5-4-6-13(15)10(12)2/h4-8,16H,3,9H2,1-2H3. The average molecular weight is 310 g/mol. The van der Waals surface area contributed by atoms with E-state index in [1.54, 1.807) is 0 Å². The summed E-state index contributed by atoms with van der Waals surface area (Å²) in [5.41, 5.74) is 2.64. The average Bonchev–Trinajstić information content (AvgIpc) is 2.78. The predicted molar refractivity (Wildman–Crippen MR) is 79.6 cm³/mol. The normalized spacial score (nSPS) is 10.8. The van der Waals surface area contributed by atoms with Crippen molar-refractivity contribution in [3.05, 3.63) is 45.2 Å². The van der Waals surface area contributed by atoms with Crippen molar-refractivity contribution in [1.29, 1.82) is 0 Å². The van der Waals surface area contributed by atoms with Crippen molar-refractivity contribution in [2.24, 2.45) is 0 Å². The fourth-order valence-electron chi connectivity index (χ4n) is 1.74. The van der Waals surface area contributed by atoms with Crippen molar-refractivity contribution >= 4 is 27.3 Å². The van der Waals surface area contributed by atoms with Crippen LogP contribution >= 0.6 is 27.3 Å². The van der Waals surface area contributed by atoms with Crippen LogP contribution in [-0.2, 0) is 6.54 Å². The van der Waals surface area contributed by atoms with E-state index < -0.39 is 0 Å². The van der Waals surface area contributed by atoms with Gasteiger partial charge in [0.1, 0.15) is 0 Å². The number of hydrogen-bond donors (Lipinski definition) is 1. The molecule has 2 aromatic rings. The van der Waals surface area contributed by atoms with Crippen molar-refractivity contribution in [2.45, 2.75) is 20.4 Å². The zero-order chi connectivity index (χ0) is 12.3. The van der Waals surface area contributed by atoms with Crippen LogP contribution in [0.1, 0.15) is 17.4 Å². The smallest absolute Gasteiger partial charge is 0.0349 e. The van der Waals surface area contributed by atoms with Gasteiger partial charge in [-0.05, 0) is 42.8 Å². The third-order valence-corrected chi connectivity index (χ3v) is 4.72. The minimum atomic E-state index is 0.966. The summed E-state index contributed by atoms with van der Waals surface area (Å²) >= 11 is 5.45. The molecule has 1 nitrogen and oxygen atoms in total. The molecule has 1 aromatic heterocycles. The van der Waals surface area contributed by atoms with Crippen LogP contribution in [0.5, 0.6) is 0 Å². The van der Waals surface area contributed by atoms with E-state index in [4.69, 9.17) is 0 Å². The van der Waals surface area contributed by atoms with Crippen molar-refractivity contribution in [3.8, 4) is 10.4 Å². The quantitative estimate of drug-likeness (QED) is 0.870. The summed E-state index contributed by atoms with van der Waals surface area (Å²) in [6.45, 7) is 6.27. The van der Waals surface area contributed by atoms with E-state index in [1.165, 1.54) is 25.4 Å². The third-order valence-electron chi connectivity index (χ3n) is 2.74. The van der Waals surface area contributed by atoms with E-state index in [9.17, 15) is 0 Å². The maximum atomic E-state index is 3.58. The highest BCUT2D eigenvalue weighted by molar-refractivity contribution is 9.10. The number of thiophene rings is 1. The Balaban J connectivity index is 2.27. The summed E-state index contributed by atoms with van der Waals surface area (Å²) in [6, 6.07) is 10.8. The Morgan fingerprint density at radius 3 is 2.82 bits per heavy atom. The second-order valence-electron chi connectivity index (χ2n) is 3.96. The molecule has 0 aliphatic rings. The molecule has 0 radical (unpaired) electrons. The Labute approximate surface area is 115 Å². The lowest BCUT2D eigenvalue weighted by atomic mass is 10.1. The van der Waals surface area contributed by atoms with E-state index in [0.717, 1.165) is 13.1 Å². The van der Waals surface area contributed by atoms with Crippen LogP contribution in [0, 0.1) is 6.92 Å². The Bertz CT molecular complexity index is 505. The van der Waals surface area contributed by atoms with Crippen LogP contribution in [0.4, 0.5) is 0 Å². The largest absolute Gasteiger partial charge is 0.312 e. The second kappa shape index (κ2) is 5.80. The van der Waals surface area contributed by atoms with Crippen molar-refractivity contribution in [3.63, 3.8) is 0 Å². The zero-order valence-electron chi connectivity index (χ0n) is 10.1. The predicted octanol–water partition coefficient (Wildman–Crippen LogP) is 4.60. The molecule has 1 aromatic carbocycles. The van der Waals surface area contributed by atoms with Crippen molar-refractivity contribution in [2.75, 3.05) is 6.54 Å². The SMILES string of the molecule is CCNCc1ccc(-c2cccc(Br)c2C)s1. The van der Waals surface area contributed by atoms with Gasteiger partial charge in [0.25, 0.3) is 0 Å². The van der Waals surface area contributed by atoms with Crippen LogP contribution in [0.15, 0.2) is 34.8 Å². The van der Waals surface area contributed by atoms with Gasteiger partial charge in [-0.25, -0.2) is 0 Å². The number of nitrogens with one attached hydrogen (secondary N) is 1. The summed E-state index contributed by atoms with van der Waals surface area (Å²) in [5, 5.41) is 3.36. The molecule has 0 aliphatic heterocycles. The minimum Gasteiger partial charge on any atom is -0.312 e. The molecule has 0 aliphatic carbocycles. The van der Waals surface area contributed by atoms with Gasteiger partial charge in [-0.15, -0.1) is 11.3 Å². The molecule has 0 fully saturated rings. The van der Waals surface area contributed by atoms with Crippen molar-refractivity contribution in [1.82, 2.24) is 5.32 Å². The molecule has 2 rings (SSSR count). The summed E-state index contributed by atoms with van der Waals surface area (Å²) in [7, 11) is 0. The molecule has 17 heavy (non-hydrogen) atoms. The molecule has 1 heterocycles. The molecule has 90 valence electrons. The topological polar surface area (TPSA) is 12.0 Å². The molecule has 0 spiro atoms. The second-order valence-corrected chi connectivity index (χ2v) is 5.98. The van der Waals surface area contributed by atoms with Gasteiger partial charge in [0.15, 0.2) is 0 Å². The Hall–Kier alpha value is -0.640.